The first-order chi connectivity index (χ1) is 9.97. The van der Waals surface area contributed by atoms with Crippen molar-refractivity contribution in [3.05, 3.63) is 69.5 Å². The summed E-state index contributed by atoms with van der Waals surface area (Å²) in [5, 5.41) is 0. The summed E-state index contributed by atoms with van der Waals surface area (Å²) < 4.78 is 20.0. The zero-order chi connectivity index (χ0) is 15.1. The van der Waals surface area contributed by atoms with Crippen LogP contribution in [0.15, 0.2) is 45.6 Å². The van der Waals surface area contributed by atoms with E-state index in [9.17, 15) is 14.0 Å². The number of carbonyl (C=O) groups is 1. The van der Waals surface area contributed by atoms with E-state index >= 15 is 0 Å². The van der Waals surface area contributed by atoms with Crippen LogP contribution in [0.5, 0.6) is 0 Å². The molecule has 0 bridgehead atoms. The van der Waals surface area contributed by atoms with Crippen LogP contribution in [-0.4, -0.2) is 10.4 Å². The molecule has 21 heavy (non-hydrogen) atoms. The van der Waals surface area contributed by atoms with Gasteiger partial charge in [0.25, 0.3) is 0 Å². The Balaban J connectivity index is 2.09. The van der Waals surface area contributed by atoms with E-state index < -0.39 is 11.6 Å². The maximum absolute atomic E-state index is 13.5. The third-order valence-corrected chi connectivity index (χ3v) is 3.49. The van der Waals surface area contributed by atoms with E-state index in [1.165, 1.54) is 16.7 Å². The number of hydrogen-bond donors (Lipinski definition) is 0. The summed E-state index contributed by atoms with van der Waals surface area (Å²) in [5.74, 6) is -1.23. The Morgan fingerprint density at radius 1 is 1.14 bits per heavy atom. The van der Waals surface area contributed by atoms with Gasteiger partial charge in [-0.1, -0.05) is 12.1 Å². The van der Waals surface area contributed by atoms with Gasteiger partial charge in [-0.05, 0) is 36.8 Å². The average Bonchev–Trinajstić information content (AvgIpc) is 2.76. The van der Waals surface area contributed by atoms with Gasteiger partial charge in [0.2, 0.25) is 0 Å². The molecule has 0 fully saturated rings. The van der Waals surface area contributed by atoms with Crippen LogP contribution in [0.4, 0.5) is 4.39 Å². The van der Waals surface area contributed by atoms with Crippen LogP contribution in [0.3, 0.4) is 0 Å². The first kappa shape index (κ1) is 13.3. The monoisotopic (exact) mass is 285 g/mol. The number of rotatable bonds is 2. The van der Waals surface area contributed by atoms with Gasteiger partial charge in [0.1, 0.15) is 5.82 Å². The molecule has 0 saturated carbocycles. The van der Waals surface area contributed by atoms with Crippen molar-refractivity contribution in [3.8, 4) is 0 Å². The molecule has 5 heteroatoms. The Kier molecular flexibility index (Phi) is 2.97. The number of carbonyl (C=O) groups excluding carboxylic acids is 1. The lowest BCUT2D eigenvalue weighted by molar-refractivity contribution is 0.103. The highest BCUT2D eigenvalue weighted by Gasteiger charge is 2.14. The van der Waals surface area contributed by atoms with Crippen LogP contribution < -0.4 is 5.76 Å². The zero-order valence-electron chi connectivity index (χ0n) is 11.5. The molecule has 1 heterocycles. The standard InChI is InChI=1S/C16H12FNO3/c1-9-3-4-10(7-12(9)17)15(19)11-5-6-13-14(8-11)21-16(20)18(13)2/h3-8H,1-2H3. The first-order valence-corrected chi connectivity index (χ1v) is 6.38. The molecule has 4 nitrogen and oxygen atoms in total. The molecular formula is C16H12FNO3. The number of aromatic nitrogens is 1. The molecule has 3 aromatic rings. The van der Waals surface area contributed by atoms with E-state index in [1.807, 2.05) is 0 Å². The SMILES string of the molecule is Cc1ccc(C(=O)c2ccc3c(c2)oc(=O)n3C)cc1F. The number of hydrogen-bond acceptors (Lipinski definition) is 3. The summed E-state index contributed by atoms with van der Waals surface area (Å²) in [6, 6.07) is 9.07. The molecule has 106 valence electrons. The number of ketones is 1. The molecule has 3 rings (SSSR count). The number of benzene rings is 2. The third kappa shape index (κ3) is 2.16. The maximum atomic E-state index is 13.5. The Morgan fingerprint density at radius 2 is 1.81 bits per heavy atom. The van der Waals surface area contributed by atoms with Gasteiger partial charge in [-0.3, -0.25) is 9.36 Å². The largest absolute Gasteiger partial charge is 0.419 e. The smallest absolute Gasteiger partial charge is 0.408 e. The minimum absolute atomic E-state index is 0.260. The maximum Gasteiger partial charge on any atom is 0.419 e. The van der Waals surface area contributed by atoms with Gasteiger partial charge in [0, 0.05) is 18.2 Å². The van der Waals surface area contributed by atoms with Crippen molar-refractivity contribution in [1.29, 1.82) is 0 Å². The Morgan fingerprint density at radius 3 is 2.52 bits per heavy atom. The molecular weight excluding hydrogens is 273 g/mol. The Labute approximate surface area is 119 Å². The fourth-order valence-electron chi connectivity index (χ4n) is 2.18. The van der Waals surface area contributed by atoms with Crippen molar-refractivity contribution < 1.29 is 13.6 Å². The van der Waals surface area contributed by atoms with Crippen molar-refractivity contribution in [2.45, 2.75) is 6.92 Å². The van der Waals surface area contributed by atoms with Gasteiger partial charge in [0.05, 0.1) is 5.52 Å². The van der Waals surface area contributed by atoms with Crippen molar-refractivity contribution in [3.63, 3.8) is 0 Å². The molecule has 0 unspecified atom stereocenters. The lowest BCUT2D eigenvalue weighted by Crippen LogP contribution is -2.08. The van der Waals surface area contributed by atoms with Crippen LogP contribution in [0.25, 0.3) is 11.1 Å². The van der Waals surface area contributed by atoms with Crippen LogP contribution in [0, 0.1) is 12.7 Å². The summed E-state index contributed by atoms with van der Waals surface area (Å²) in [6.45, 7) is 1.63. The molecule has 0 saturated heterocycles. The van der Waals surface area contributed by atoms with Crippen LogP contribution in [-0.2, 0) is 7.05 Å². The second-order valence-electron chi connectivity index (χ2n) is 4.90. The quantitative estimate of drug-likeness (QED) is 0.680. The van der Waals surface area contributed by atoms with Gasteiger partial charge in [-0.2, -0.15) is 0 Å². The normalized spacial score (nSPS) is 11.0. The van der Waals surface area contributed by atoms with Crippen molar-refractivity contribution in [1.82, 2.24) is 4.57 Å². The van der Waals surface area contributed by atoms with Crippen molar-refractivity contribution >= 4 is 16.9 Å². The third-order valence-electron chi connectivity index (χ3n) is 3.49. The number of fused-ring (bicyclic) bond motifs is 1. The number of aryl methyl sites for hydroxylation is 2. The molecule has 0 aliphatic rings. The minimum atomic E-state index is -0.490. The van der Waals surface area contributed by atoms with E-state index in [2.05, 4.69) is 0 Å². The number of halogens is 1. The lowest BCUT2D eigenvalue weighted by atomic mass is 10.0. The van der Waals surface area contributed by atoms with Gasteiger partial charge in [0.15, 0.2) is 11.4 Å². The first-order valence-electron chi connectivity index (χ1n) is 6.38. The van der Waals surface area contributed by atoms with Crippen LogP contribution in [0.2, 0.25) is 0 Å². The Hall–Kier alpha value is -2.69. The van der Waals surface area contributed by atoms with Gasteiger partial charge >= 0.3 is 5.76 Å². The highest BCUT2D eigenvalue weighted by atomic mass is 19.1. The van der Waals surface area contributed by atoms with Gasteiger partial charge in [-0.25, -0.2) is 9.18 Å². The predicted molar refractivity (Wildman–Crippen MR) is 76.0 cm³/mol. The fourth-order valence-corrected chi connectivity index (χ4v) is 2.18. The highest BCUT2D eigenvalue weighted by molar-refractivity contribution is 6.10. The summed E-state index contributed by atoms with van der Waals surface area (Å²) >= 11 is 0. The second kappa shape index (κ2) is 4.70. The summed E-state index contributed by atoms with van der Waals surface area (Å²) in [4.78, 5) is 23.8. The average molecular weight is 285 g/mol. The minimum Gasteiger partial charge on any atom is -0.408 e. The number of nitrogens with zero attached hydrogens (tertiary/aromatic N) is 1. The van der Waals surface area contributed by atoms with Crippen molar-refractivity contribution in [2.24, 2.45) is 7.05 Å². The van der Waals surface area contributed by atoms with Crippen LogP contribution in [0.1, 0.15) is 21.5 Å². The van der Waals surface area contributed by atoms with Gasteiger partial charge in [-0.15, -0.1) is 0 Å². The molecule has 0 aliphatic heterocycles. The Bertz CT molecular complexity index is 921. The molecule has 0 spiro atoms. The molecule has 0 amide bonds. The van der Waals surface area contributed by atoms with Crippen molar-refractivity contribution in [2.75, 3.05) is 0 Å². The molecule has 0 radical (unpaired) electrons. The fraction of sp³-hybridized carbons (Fsp3) is 0.125. The lowest BCUT2D eigenvalue weighted by Gasteiger charge is -2.03. The summed E-state index contributed by atoms with van der Waals surface area (Å²) in [5.41, 5.74) is 2.03. The summed E-state index contributed by atoms with van der Waals surface area (Å²) in [7, 11) is 1.59. The van der Waals surface area contributed by atoms with E-state index in [1.54, 1.807) is 38.2 Å². The van der Waals surface area contributed by atoms with E-state index in [4.69, 9.17) is 4.42 Å². The van der Waals surface area contributed by atoms with E-state index in [0.29, 0.717) is 22.2 Å². The molecule has 0 N–H and O–H groups in total. The zero-order valence-corrected chi connectivity index (χ0v) is 11.5. The number of oxazole rings is 1. The summed E-state index contributed by atoms with van der Waals surface area (Å²) in [6.07, 6.45) is 0. The van der Waals surface area contributed by atoms with Gasteiger partial charge < -0.3 is 4.42 Å². The molecule has 2 aromatic carbocycles. The molecule has 1 aromatic heterocycles. The second-order valence-corrected chi connectivity index (χ2v) is 4.90. The molecule has 0 atom stereocenters. The van der Waals surface area contributed by atoms with Crippen LogP contribution >= 0.6 is 0 Å². The van der Waals surface area contributed by atoms with E-state index in [-0.39, 0.29) is 11.3 Å². The topological polar surface area (TPSA) is 52.2 Å². The molecule has 0 aliphatic carbocycles. The highest BCUT2D eigenvalue weighted by Crippen LogP contribution is 2.18. The predicted octanol–water partition coefficient (Wildman–Crippen LogP) is 2.81. The van der Waals surface area contributed by atoms with E-state index in [0.717, 1.165) is 0 Å².